The Morgan fingerprint density at radius 3 is 2.42 bits per heavy atom. The number of aromatic hydroxyl groups is 1. The van der Waals surface area contributed by atoms with Crippen LogP contribution in [0.25, 0.3) is 22.1 Å². The molecule has 2 aromatic carbocycles. The first kappa shape index (κ1) is 17.8. The number of hydrogen-bond donors (Lipinski definition) is 1. The van der Waals surface area contributed by atoms with Crippen LogP contribution in [0.15, 0.2) is 51.7 Å². The highest BCUT2D eigenvalue weighted by molar-refractivity contribution is 5.90. The average Bonchev–Trinajstić information content (AvgIpc) is 2.61. The number of rotatable bonds is 6. The highest BCUT2D eigenvalue weighted by Crippen LogP contribution is 2.35. The lowest BCUT2D eigenvalue weighted by molar-refractivity contribution is 0.261. The van der Waals surface area contributed by atoms with Crippen molar-refractivity contribution in [3.63, 3.8) is 0 Å². The number of methoxy groups -OCH3 is 1. The fraction of sp³-hybridized carbons (Fsp3) is 0.250. The summed E-state index contributed by atoms with van der Waals surface area (Å²) in [7, 11) is 5.48. The smallest absolute Gasteiger partial charge is 0.347 e. The summed E-state index contributed by atoms with van der Waals surface area (Å²) in [6.07, 6.45) is 0. The molecule has 0 saturated carbocycles. The molecule has 3 rings (SSSR count). The summed E-state index contributed by atoms with van der Waals surface area (Å²) in [5, 5.41) is 11.1. The number of fused-ring (bicyclic) bond motifs is 1. The molecule has 0 aliphatic heterocycles. The number of hydrogen-bond acceptors (Lipinski definition) is 6. The molecule has 0 aliphatic rings. The molecular weight excluding hydrogens is 334 g/mol. The average molecular weight is 355 g/mol. The van der Waals surface area contributed by atoms with Gasteiger partial charge in [0, 0.05) is 12.6 Å². The predicted octanol–water partition coefficient (Wildman–Crippen LogP) is 3.11. The molecule has 6 heteroatoms. The molecule has 0 amide bonds. The minimum Gasteiger partial charge on any atom is -0.506 e. The molecule has 1 aromatic heterocycles. The van der Waals surface area contributed by atoms with E-state index >= 15 is 0 Å². The van der Waals surface area contributed by atoms with E-state index in [0.717, 1.165) is 6.54 Å². The first-order valence-electron chi connectivity index (χ1n) is 8.21. The molecule has 136 valence electrons. The topological polar surface area (TPSA) is 72.1 Å². The van der Waals surface area contributed by atoms with Gasteiger partial charge in [0.2, 0.25) is 0 Å². The van der Waals surface area contributed by atoms with E-state index in [0.29, 0.717) is 29.1 Å². The Balaban J connectivity index is 1.98. The van der Waals surface area contributed by atoms with Crippen LogP contribution in [0.1, 0.15) is 0 Å². The number of nitrogens with zero attached hydrogens (tertiary/aromatic N) is 1. The van der Waals surface area contributed by atoms with Crippen LogP contribution in [0.2, 0.25) is 0 Å². The lowest BCUT2D eigenvalue weighted by Crippen LogP contribution is -2.19. The molecule has 0 unspecified atom stereocenters. The van der Waals surface area contributed by atoms with Crippen LogP contribution in [-0.4, -0.2) is 44.4 Å². The van der Waals surface area contributed by atoms with Gasteiger partial charge in [-0.3, -0.25) is 0 Å². The van der Waals surface area contributed by atoms with Crippen LogP contribution in [0.4, 0.5) is 0 Å². The Kier molecular flexibility index (Phi) is 5.14. The second kappa shape index (κ2) is 7.49. The number of ether oxygens (including phenoxy) is 2. The van der Waals surface area contributed by atoms with Gasteiger partial charge in [-0.1, -0.05) is 12.1 Å². The fourth-order valence-electron chi connectivity index (χ4n) is 2.61. The van der Waals surface area contributed by atoms with E-state index in [1.807, 2.05) is 19.0 Å². The van der Waals surface area contributed by atoms with Crippen molar-refractivity contribution in [1.82, 2.24) is 4.90 Å². The van der Waals surface area contributed by atoms with Crippen LogP contribution < -0.4 is 15.1 Å². The highest BCUT2D eigenvalue weighted by Gasteiger charge is 2.16. The molecule has 1 N–H and O–H groups in total. The second-order valence-electron chi connectivity index (χ2n) is 6.15. The van der Waals surface area contributed by atoms with Gasteiger partial charge in [0.05, 0.1) is 12.5 Å². The van der Waals surface area contributed by atoms with Gasteiger partial charge in [-0.15, -0.1) is 0 Å². The van der Waals surface area contributed by atoms with E-state index in [9.17, 15) is 9.90 Å². The van der Waals surface area contributed by atoms with Gasteiger partial charge in [-0.25, -0.2) is 4.79 Å². The van der Waals surface area contributed by atoms with Crippen molar-refractivity contribution in [3.05, 3.63) is 52.9 Å². The largest absolute Gasteiger partial charge is 0.506 e. The Bertz CT molecular complexity index is 960. The van der Waals surface area contributed by atoms with Crippen LogP contribution in [0.3, 0.4) is 0 Å². The molecule has 26 heavy (non-hydrogen) atoms. The molecule has 0 saturated heterocycles. The standard InChI is InChI=1S/C20H21NO5/c1-21(2)10-11-25-15-8-9-16-17(12-15)26-20(23)18(19(16)22)13-4-6-14(24-3)7-5-13/h4-9,12,22H,10-11H2,1-3H3. The Hall–Kier alpha value is -2.99. The lowest BCUT2D eigenvalue weighted by atomic mass is 10.0. The third-order valence-corrected chi connectivity index (χ3v) is 4.04. The monoisotopic (exact) mass is 355 g/mol. The molecule has 0 radical (unpaired) electrons. The van der Waals surface area contributed by atoms with E-state index in [1.54, 1.807) is 49.6 Å². The van der Waals surface area contributed by atoms with Gasteiger partial charge in [-0.2, -0.15) is 0 Å². The van der Waals surface area contributed by atoms with Crippen LogP contribution >= 0.6 is 0 Å². The van der Waals surface area contributed by atoms with E-state index in [4.69, 9.17) is 13.9 Å². The molecule has 0 bridgehead atoms. The van der Waals surface area contributed by atoms with Gasteiger partial charge in [-0.05, 0) is 43.9 Å². The van der Waals surface area contributed by atoms with Gasteiger partial charge in [0.25, 0.3) is 0 Å². The summed E-state index contributed by atoms with van der Waals surface area (Å²) in [4.78, 5) is 14.4. The molecule has 3 aromatic rings. The van der Waals surface area contributed by atoms with Crippen LogP contribution in [0, 0.1) is 0 Å². The SMILES string of the molecule is COc1ccc(-c2c(O)c3ccc(OCCN(C)C)cc3oc2=O)cc1. The molecule has 0 aliphatic carbocycles. The number of likely N-dealkylation sites (N-methyl/N-ethyl adjacent to an activating group) is 1. The predicted molar refractivity (Wildman–Crippen MR) is 100 cm³/mol. The van der Waals surface area contributed by atoms with Crippen LogP contribution in [-0.2, 0) is 0 Å². The zero-order chi connectivity index (χ0) is 18.7. The van der Waals surface area contributed by atoms with Gasteiger partial charge < -0.3 is 23.9 Å². The molecule has 0 fully saturated rings. The zero-order valence-electron chi connectivity index (χ0n) is 15.0. The van der Waals surface area contributed by atoms with Crippen molar-refractivity contribution in [2.75, 3.05) is 34.4 Å². The summed E-state index contributed by atoms with van der Waals surface area (Å²) in [5.41, 5.74) is 0.365. The van der Waals surface area contributed by atoms with Gasteiger partial charge in [0.1, 0.15) is 35.0 Å². The first-order valence-corrected chi connectivity index (χ1v) is 8.21. The first-order chi connectivity index (χ1) is 12.5. The van der Waals surface area contributed by atoms with Crippen LogP contribution in [0.5, 0.6) is 17.2 Å². The van der Waals surface area contributed by atoms with Crippen molar-refractivity contribution in [3.8, 4) is 28.4 Å². The molecule has 1 heterocycles. The normalized spacial score (nSPS) is 11.1. The van der Waals surface area contributed by atoms with Crippen molar-refractivity contribution in [2.24, 2.45) is 0 Å². The van der Waals surface area contributed by atoms with E-state index in [2.05, 4.69) is 0 Å². The third-order valence-electron chi connectivity index (χ3n) is 4.04. The maximum atomic E-state index is 12.4. The summed E-state index contributed by atoms with van der Waals surface area (Å²) < 4.78 is 16.2. The Morgan fingerprint density at radius 1 is 1.08 bits per heavy atom. The van der Waals surface area contributed by atoms with E-state index < -0.39 is 5.63 Å². The minimum absolute atomic E-state index is 0.110. The fourth-order valence-corrected chi connectivity index (χ4v) is 2.61. The maximum absolute atomic E-state index is 12.4. The molecule has 0 atom stereocenters. The molecule has 6 nitrogen and oxygen atoms in total. The van der Waals surface area contributed by atoms with E-state index in [1.165, 1.54) is 0 Å². The van der Waals surface area contributed by atoms with Crippen molar-refractivity contribution >= 4 is 11.0 Å². The Labute approximate surface area is 151 Å². The quantitative estimate of drug-likeness (QED) is 0.685. The van der Waals surface area contributed by atoms with Gasteiger partial charge >= 0.3 is 5.63 Å². The maximum Gasteiger partial charge on any atom is 0.347 e. The summed E-state index contributed by atoms with van der Waals surface area (Å²) >= 11 is 0. The Morgan fingerprint density at radius 2 is 1.77 bits per heavy atom. The second-order valence-corrected chi connectivity index (χ2v) is 6.15. The summed E-state index contributed by atoms with van der Waals surface area (Å²) in [5.74, 6) is 1.14. The zero-order valence-corrected chi connectivity index (χ0v) is 15.0. The van der Waals surface area contributed by atoms with Crippen molar-refractivity contribution < 1.29 is 19.0 Å². The van der Waals surface area contributed by atoms with Gasteiger partial charge in [0.15, 0.2) is 0 Å². The number of benzene rings is 2. The highest BCUT2D eigenvalue weighted by atomic mass is 16.5. The minimum atomic E-state index is -0.606. The summed E-state index contributed by atoms with van der Waals surface area (Å²) in [6.45, 7) is 1.28. The lowest BCUT2D eigenvalue weighted by Gasteiger charge is -2.12. The van der Waals surface area contributed by atoms with Crippen molar-refractivity contribution in [1.29, 1.82) is 0 Å². The summed E-state index contributed by atoms with van der Waals surface area (Å²) in [6, 6.07) is 11.9. The van der Waals surface area contributed by atoms with Crippen molar-refractivity contribution in [2.45, 2.75) is 0 Å². The third kappa shape index (κ3) is 3.65. The molecule has 0 spiro atoms. The van der Waals surface area contributed by atoms with E-state index in [-0.39, 0.29) is 16.9 Å². The molecular formula is C20H21NO5.